The van der Waals surface area contributed by atoms with Gasteiger partial charge in [0.25, 0.3) is 0 Å². The monoisotopic (exact) mass is 224 g/mol. The van der Waals surface area contributed by atoms with Crippen molar-refractivity contribution in [3.05, 3.63) is 18.0 Å². The highest BCUT2D eigenvalue weighted by atomic mass is 32.1. The molecule has 5 heteroatoms. The van der Waals surface area contributed by atoms with Crippen LogP contribution in [0, 0.1) is 6.42 Å². The number of amides is 1. The van der Waals surface area contributed by atoms with E-state index in [1.165, 1.54) is 11.3 Å². The predicted octanol–water partition coefficient (Wildman–Crippen LogP) is 1.38. The molecule has 1 aromatic heterocycles. The van der Waals surface area contributed by atoms with Crippen molar-refractivity contribution >= 4 is 22.4 Å². The van der Waals surface area contributed by atoms with Gasteiger partial charge < -0.3 is 5.32 Å². The maximum atomic E-state index is 11.6. The Kier molecular flexibility index (Phi) is 3.69. The van der Waals surface area contributed by atoms with Crippen LogP contribution in [0.5, 0.6) is 0 Å². The zero-order valence-electron chi connectivity index (χ0n) is 8.48. The Morgan fingerprint density at radius 2 is 2.33 bits per heavy atom. The van der Waals surface area contributed by atoms with Crippen LogP contribution in [0.3, 0.4) is 0 Å². The average Bonchev–Trinajstić information content (AvgIpc) is 2.71. The second kappa shape index (κ2) is 5.23. The lowest BCUT2D eigenvalue weighted by Gasteiger charge is -2.25. The van der Waals surface area contributed by atoms with Gasteiger partial charge in [0.05, 0.1) is 6.54 Å². The van der Waals surface area contributed by atoms with Crippen LogP contribution in [0.1, 0.15) is 12.8 Å². The highest BCUT2D eigenvalue weighted by Crippen LogP contribution is 2.11. The molecule has 0 bridgehead atoms. The molecule has 4 nitrogen and oxygen atoms in total. The molecule has 1 aliphatic heterocycles. The van der Waals surface area contributed by atoms with Crippen LogP contribution in [0.15, 0.2) is 11.6 Å². The van der Waals surface area contributed by atoms with E-state index in [-0.39, 0.29) is 5.91 Å². The van der Waals surface area contributed by atoms with Crippen LogP contribution in [0.25, 0.3) is 0 Å². The van der Waals surface area contributed by atoms with Crippen LogP contribution in [0.4, 0.5) is 5.13 Å². The van der Waals surface area contributed by atoms with E-state index in [0.29, 0.717) is 11.7 Å². The molecule has 1 saturated heterocycles. The van der Waals surface area contributed by atoms with Gasteiger partial charge in [0, 0.05) is 11.6 Å². The fourth-order valence-corrected chi connectivity index (χ4v) is 2.15. The molecule has 2 heterocycles. The Hall–Kier alpha value is -0.940. The SMILES string of the molecule is O=C(CN1CC[CH]CC1)Nc1nccs1. The zero-order valence-corrected chi connectivity index (χ0v) is 9.30. The maximum absolute atomic E-state index is 11.6. The minimum atomic E-state index is 0.0341. The van der Waals surface area contributed by atoms with Crippen molar-refractivity contribution in [1.29, 1.82) is 0 Å². The molecule has 1 N–H and O–H groups in total. The second-order valence-electron chi connectivity index (χ2n) is 3.53. The van der Waals surface area contributed by atoms with Gasteiger partial charge in [-0.3, -0.25) is 9.69 Å². The van der Waals surface area contributed by atoms with Crippen molar-refractivity contribution in [2.45, 2.75) is 12.8 Å². The summed E-state index contributed by atoms with van der Waals surface area (Å²) in [5, 5.41) is 5.32. The summed E-state index contributed by atoms with van der Waals surface area (Å²) in [4.78, 5) is 17.8. The quantitative estimate of drug-likeness (QED) is 0.843. The van der Waals surface area contributed by atoms with Gasteiger partial charge in [0.15, 0.2) is 5.13 Å². The zero-order chi connectivity index (χ0) is 10.5. The normalized spacial score (nSPS) is 17.6. The molecule has 1 aliphatic rings. The van der Waals surface area contributed by atoms with Gasteiger partial charge >= 0.3 is 0 Å². The first kappa shape index (κ1) is 10.6. The first-order valence-electron chi connectivity index (χ1n) is 5.08. The van der Waals surface area contributed by atoms with Crippen molar-refractivity contribution in [3.8, 4) is 0 Å². The van der Waals surface area contributed by atoms with E-state index in [9.17, 15) is 4.79 Å². The van der Waals surface area contributed by atoms with Crippen molar-refractivity contribution in [2.24, 2.45) is 0 Å². The lowest BCUT2D eigenvalue weighted by atomic mass is 10.1. The van der Waals surface area contributed by atoms with Gasteiger partial charge in [-0.25, -0.2) is 4.98 Å². The average molecular weight is 224 g/mol. The molecular formula is C10H14N3OS. The van der Waals surface area contributed by atoms with Crippen LogP contribution < -0.4 is 5.32 Å². The molecule has 0 aromatic carbocycles. The van der Waals surface area contributed by atoms with Gasteiger partial charge in [-0.05, 0) is 32.4 Å². The fourth-order valence-electron chi connectivity index (χ4n) is 1.61. The molecule has 1 fully saturated rings. The molecule has 0 saturated carbocycles. The lowest BCUT2D eigenvalue weighted by molar-refractivity contribution is -0.117. The molecule has 0 atom stereocenters. The molecule has 2 rings (SSSR count). The number of anilines is 1. The third-order valence-electron chi connectivity index (χ3n) is 2.34. The summed E-state index contributed by atoms with van der Waals surface area (Å²) in [5.41, 5.74) is 0. The molecule has 15 heavy (non-hydrogen) atoms. The first-order valence-corrected chi connectivity index (χ1v) is 5.96. The number of hydrogen-bond donors (Lipinski definition) is 1. The van der Waals surface area contributed by atoms with Crippen LogP contribution >= 0.6 is 11.3 Å². The smallest absolute Gasteiger partial charge is 0.240 e. The summed E-state index contributed by atoms with van der Waals surface area (Å²) in [7, 11) is 0. The number of carbonyl (C=O) groups excluding carboxylic acids is 1. The third-order valence-corrected chi connectivity index (χ3v) is 3.03. The summed E-state index contributed by atoms with van der Waals surface area (Å²) in [5.74, 6) is 0.0341. The van der Waals surface area contributed by atoms with E-state index in [0.717, 1.165) is 25.9 Å². The van der Waals surface area contributed by atoms with Crippen molar-refractivity contribution in [1.82, 2.24) is 9.88 Å². The predicted molar refractivity (Wildman–Crippen MR) is 60.7 cm³/mol. The lowest BCUT2D eigenvalue weighted by Crippen LogP contribution is -2.36. The highest BCUT2D eigenvalue weighted by Gasteiger charge is 2.14. The molecular weight excluding hydrogens is 210 g/mol. The van der Waals surface area contributed by atoms with Crippen LogP contribution in [-0.2, 0) is 4.79 Å². The van der Waals surface area contributed by atoms with Gasteiger partial charge in [-0.15, -0.1) is 11.3 Å². The summed E-state index contributed by atoms with van der Waals surface area (Å²) in [6, 6.07) is 0. The van der Waals surface area contributed by atoms with E-state index in [1.54, 1.807) is 6.20 Å². The standard InChI is InChI=1S/C10H14N3OS/c14-9(12-10-11-4-7-15-10)8-13-5-2-1-3-6-13/h1,4,7H,2-3,5-6,8H2,(H,11,12,14). The maximum Gasteiger partial charge on any atom is 0.240 e. The summed E-state index contributed by atoms with van der Waals surface area (Å²) in [6.07, 6.45) is 6.14. The Balaban J connectivity index is 1.76. The van der Waals surface area contributed by atoms with Crippen LogP contribution in [0.2, 0.25) is 0 Å². The number of nitrogens with zero attached hydrogens (tertiary/aromatic N) is 2. The molecule has 1 aromatic rings. The minimum Gasteiger partial charge on any atom is -0.301 e. The summed E-state index contributed by atoms with van der Waals surface area (Å²) >= 11 is 1.45. The van der Waals surface area contributed by atoms with Crippen molar-refractivity contribution in [3.63, 3.8) is 0 Å². The Labute approximate surface area is 93.3 Å². The Morgan fingerprint density at radius 1 is 1.53 bits per heavy atom. The van der Waals surface area contributed by atoms with E-state index in [4.69, 9.17) is 0 Å². The number of carbonyl (C=O) groups is 1. The second-order valence-corrected chi connectivity index (χ2v) is 4.42. The van der Waals surface area contributed by atoms with Crippen molar-refractivity contribution < 1.29 is 4.79 Å². The molecule has 0 aliphatic carbocycles. The number of nitrogens with one attached hydrogen (secondary N) is 1. The topological polar surface area (TPSA) is 45.2 Å². The number of aromatic nitrogens is 1. The van der Waals surface area contributed by atoms with Gasteiger partial charge in [0.2, 0.25) is 5.91 Å². The summed E-state index contributed by atoms with van der Waals surface area (Å²) in [6.45, 7) is 2.46. The number of thiazole rings is 1. The number of piperidine rings is 1. The number of likely N-dealkylation sites (tertiary alicyclic amines) is 1. The van der Waals surface area contributed by atoms with E-state index >= 15 is 0 Å². The fraction of sp³-hybridized carbons (Fsp3) is 0.500. The van der Waals surface area contributed by atoms with E-state index in [2.05, 4.69) is 21.6 Å². The molecule has 1 amide bonds. The van der Waals surface area contributed by atoms with Crippen molar-refractivity contribution in [2.75, 3.05) is 25.0 Å². The van der Waals surface area contributed by atoms with E-state index in [1.807, 2.05) is 5.38 Å². The van der Waals surface area contributed by atoms with Gasteiger partial charge in [-0.1, -0.05) is 0 Å². The summed E-state index contributed by atoms with van der Waals surface area (Å²) < 4.78 is 0. The highest BCUT2D eigenvalue weighted by molar-refractivity contribution is 7.13. The molecule has 1 radical (unpaired) electrons. The number of hydrogen-bond acceptors (Lipinski definition) is 4. The Morgan fingerprint density at radius 3 is 3.00 bits per heavy atom. The largest absolute Gasteiger partial charge is 0.301 e. The molecule has 0 unspecified atom stereocenters. The van der Waals surface area contributed by atoms with Crippen LogP contribution in [-0.4, -0.2) is 35.4 Å². The molecule has 0 spiro atoms. The van der Waals surface area contributed by atoms with Gasteiger partial charge in [0.1, 0.15) is 0 Å². The third kappa shape index (κ3) is 3.28. The minimum absolute atomic E-state index is 0.0341. The number of rotatable bonds is 3. The van der Waals surface area contributed by atoms with E-state index < -0.39 is 0 Å². The Bertz CT molecular complexity index is 306. The van der Waals surface area contributed by atoms with Gasteiger partial charge in [-0.2, -0.15) is 0 Å². The first-order chi connectivity index (χ1) is 7.34. The molecule has 81 valence electrons.